The zero-order valence-corrected chi connectivity index (χ0v) is 9.24. The molecule has 4 nitrogen and oxygen atoms in total. The van der Waals surface area contributed by atoms with E-state index >= 15 is 0 Å². The summed E-state index contributed by atoms with van der Waals surface area (Å²) in [4.78, 5) is 0. The smallest absolute Gasteiger partial charge is 0.154 e. The molecule has 0 amide bonds. The summed E-state index contributed by atoms with van der Waals surface area (Å²) in [5.74, 6) is 0.713. The Morgan fingerprint density at radius 2 is 1.80 bits per heavy atom. The Morgan fingerprint density at radius 1 is 1.13 bits per heavy atom. The lowest BCUT2D eigenvalue weighted by molar-refractivity contribution is 0.341. The largest absolute Gasteiger partial charge is 0.493 e. The van der Waals surface area contributed by atoms with Crippen molar-refractivity contribution in [2.45, 2.75) is 0 Å². The minimum Gasteiger partial charge on any atom is -0.493 e. The summed E-state index contributed by atoms with van der Waals surface area (Å²) >= 11 is 0. The van der Waals surface area contributed by atoms with Crippen molar-refractivity contribution in [3.8, 4) is 5.75 Å². The minimum absolute atomic E-state index is 0.0130. The highest BCUT2D eigenvalue weighted by Crippen LogP contribution is 2.08. The predicted molar refractivity (Wildman–Crippen MR) is 59.6 cm³/mol. The predicted octanol–water partition coefficient (Wildman–Crippen LogP) is 0.439. The van der Waals surface area contributed by atoms with Crippen LogP contribution in [0, 0.1) is 0 Å². The van der Waals surface area contributed by atoms with Crippen LogP contribution in [0.2, 0.25) is 0 Å². The van der Waals surface area contributed by atoms with E-state index in [0.717, 1.165) is 0 Å². The molecule has 5 heteroatoms. The van der Waals surface area contributed by atoms with Gasteiger partial charge in [0.1, 0.15) is 12.4 Å². The second kappa shape index (κ2) is 5.72. The van der Waals surface area contributed by atoms with Crippen molar-refractivity contribution in [3.05, 3.63) is 30.3 Å². The van der Waals surface area contributed by atoms with Crippen LogP contribution >= 0.6 is 0 Å². The van der Waals surface area contributed by atoms with Gasteiger partial charge in [-0.2, -0.15) is 0 Å². The molecule has 0 spiro atoms. The molecule has 1 rings (SSSR count). The summed E-state index contributed by atoms with van der Waals surface area (Å²) in [7, 11) is -3.05. The molecular weight excluding hydrogens is 214 g/mol. The lowest BCUT2D eigenvalue weighted by atomic mass is 10.3. The highest BCUT2D eigenvalue weighted by molar-refractivity contribution is 7.91. The van der Waals surface area contributed by atoms with Gasteiger partial charge >= 0.3 is 0 Å². The molecule has 0 aromatic heterocycles. The fraction of sp³-hybridized carbons (Fsp3) is 0.400. The molecule has 0 unspecified atom stereocenters. The second-order valence-electron chi connectivity index (χ2n) is 3.10. The number of hydrogen-bond donors (Lipinski definition) is 1. The number of ether oxygens (including phenoxy) is 1. The van der Waals surface area contributed by atoms with Crippen molar-refractivity contribution in [3.63, 3.8) is 0 Å². The molecule has 84 valence electrons. The second-order valence-corrected chi connectivity index (χ2v) is 5.41. The molecule has 0 fully saturated rings. The van der Waals surface area contributed by atoms with E-state index in [9.17, 15) is 8.42 Å². The lowest BCUT2D eigenvalue weighted by Crippen LogP contribution is -2.21. The van der Waals surface area contributed by atoms with Crippen LogP contribution in [-0.2, 0) is 9.84 Å². The van der Waals surface area contributed by atoms with E-state index in [1.165, 1.54) is 0 Å². The summed E-state index contributed by atoms with van der Waals surface area (Å²) in [6, 6.07) is 9.12. The molecule has 2 N–H and O–H groups in total. The molecule has 1 aromatic carbocycles. The van der Waals surface area contributed by atoms with Gasteiger partial charge in [0.2, 0.25) is 0 Å². The van der Waals surface area contributed by atoms with Gasteiger partial charge in [-0.25, -0.2) is 8.42 Å². The van der Waals surface area contributed by atoms with Gasteiger partial charge in [-0.3, -0.25) is 0 Å². The molecule has 0 atom stereocenters. The van der Waals surface area contributed by atoms with Crippen LogP contribution in [0.4, 0.5) is 0 Å². The molecule has 0 aliphatic heterocycles. The van der Waals surface area contributed by atoms with E-state index in [-0.39, 0.29) is 24.7 Å². The van der Waals surface area contributed by atoms with Crippen molar-refractivity contribution < 1.29 is 13.2 Å². The van der Waals surface area contributed by atoms with Gasteiger partial charge in [-0.05, 0) is 12.1 Å². The molecule has 15 heavy (non-hydrogen) atoms. The summed E-state index contributed by atoms with van der Waals surface area (Å²) in [5.41, 5.74) is 5.18. The molecular formula is C10H15NO3S. The maximum absolute atomic E-state index is 11.3. The van der Waals surface area contributed by atoms with Crippen LogP contribution in [0.1, 0.15) is 0 Å². The van der Waals surface area contributed by atoms with E-state index in [4.69, 9.17) is 10.5 Å². The van der Waals surface area contributed by atoms with Crippen LogP contribution in [0.25, 0.3) is 0 Å². The number of para-hydroxylation sites is 1. The zero-order chi connectivity index (χ0) is 11.1. The molecule has 0 bridgehead atoms. The molecule has 1 aromatic rings. The van der Waals surface area contributed by atoms with Crippen molar-refractivity contribution in [1.29, 1.82) is 0 Å². The normalized spacial score (nSPS) is 11.3. The zero-order valence-electron chi connectivity index (χ0n) is 8.43. The van der Waals surface area contributed by atoms with Gasteiger partial charge < -0.3 is 10.5 Å². The first-order valence-electron chi connectivity index (χ1n) is 4.72. The quantitative estimate of drug-likeness (QED) is 0.768. The molecule has 0 saturated heterocycles. The molecule has 0 saturated carbocycles. The van der Waals surface area contributed by atoms with Crippen LogP contribution in [0.15, 0.2) is 30.3 Å². The Kier molecular flexibility index (Phi) is 4.58. The van der Waals surface area contributed by atoms with Gasteiger partial charge in [-0.15, -0.1) is 0 Å². The first-order valence-corrected chi connectivity index (χ1v) is 6.54. The summed E-state index contributed by atoms with van der Waals surface area (Å²) < 4.78 is 27.8. The molecule has 0 aliphatic carbocycles. The number of nitrogens with two attached hydrogens (primary N) is 1. The topological polar surface area (TPSA) is 69.4 Å². The Balaban J connectivity index is 2.34. The third kappa shape index (κ3) is 4.80. The fourth-order valence-electron chi connectivity index (χ4n) is 1.08. The van der Waals surface area contributed by atoms with Crippen molar-refractivity contribution >= 4 is 9.84 Å². The van der Waals surface area contributed by atoms with Crippen LogP contribution < -0.4 is 10.5 Å². The highest BCUT2D eigenvalue weighted by Gasteiger charge is 2.09. The first-order chi connectivity index (χ1) is 7.14. The number of hydrogen-bond acceptors (Lipinski definition) is 4. The van der Waals surface area contributed by atoms with E-state index < -0.39 is 9.84 Å². The molecule has 0 heterocycles. The summed E-state index contributed by atoms with van der Waals surface area (Å²) in [6.45, 7) is 0.333. The fourth-order valence-corrected chi connectivity index (χ4v) is 1.99. The number of sulfone groups is 1. The van der Waals surface area contributed by atoms with E-state index in [2.05, 4.69) is 0 Å². The van der Waals surface area contributed by atoms with E-state index in [1.54, 1.807) is 12.1 Å². The van der Waals surface area contributed by atoms with Gasteiger partial charge in [0.15, 0.2) is 9.84 Å². The number of rotatable bonds is 6. The molecule has 0 aliphatic rings. The van der Waals surface area contributed by atoms with Gasteiger partial charge in [0.05, 0.1) is 11.5 Å². The van der Waals surface area contributed by atoms with E-state index in [1.807, 2.05) is 18.2 Å². The average molecular weight is 229 g/mol. The Morgan fingerprint density at radius 3 is 2.40 bits per heavy atom. The first kappa shape index (κ1) is 12.0. The highest BCUT2D eigenvalue weighted by atomic mass is 32.2. The summed E-state index contributed by atoms with van der Waals surface area (Å²) in [6.07, 6.45) is 0. The Hall–Kier alpha value is -1.07. The number of benzene rings is 1. The average Bonchev–Trinajstić information content (AvgIpc) is 2.19. The Bertz CT molecular complexity index is 375. The third-order valence-electron chi connectivity index (χ3n) is 1.84. The standard InChI is InChI=1S/C10H15NO3S/c11-6-8-15(12,13)9-7-14-10-4-2-1-3-5-10/h1-5H,6-9,11H2. The van der Waals surface area contributed by atoms with Gasteiger partial charge in [-0.1, -0.05) is 18.2 Å². The van der Waals surface area contributed by atoms with Crippen LogP contribution in [0.3, 0.4) is 0 Å². The van der Waals surface area contributed by atoms with Crippen molar-refractivity contribution in [2.24, 2.45) is 5.73 Å². The lowest BCUT2D eigenvalue weighted by Gasteiger charge is -2.05. The van der Waals surface area contributed by atoms with E-state index in [0.29, 0.717) is 5.75 Å². The SMILES string of the molecule is NCCS(=O)(=O)CCOc1ccccc1. The van der Waals surface area contributed by atoms with Crippen LogP contribution in [0.5, 0.6) is 5.75 Å². The van der Waals surface area contributed by atoms with Crippen molar-refractivity contribution in [2.75, 3.05) is 24.7 Å². The maximum atomic E-state index is 11.3. The Labute approximate surface area is 90.0 Å². The van der Waals surface area contributed by atoms with Gasteiger partial charge in [0, 0.05) is 6.54 Å². The summed E-state index contributed by atoms with van der Waals surface area (Å²) in [5, 5.41) is 0. The third-order valence-corrected chi connectivity index (χ3v) is 3.48. The molecule has 0 radical (unpaired) electrons. The van der Waals surface area contributed by atoms with Gasteiger partial charge in [0.25, 0.3) is 0 Å². The maximum Gasteiger partial charge on any atom is 0.154 e. The van der Waals surface area contributed by atoms with Crippen LogP contribution in [-0.4, -0.2) is 33.1 Å². The van der Waals surface area contributed by atoms with Crippen molar-refractivity contribution in [1.82, 2.24) is 0 Å². The monoisotopic (exact) mass is 229 g/mol. The minimum atomic E-state index is -3.05.